The van der Waals surface area contributed by atoms with E-state index in [2.05, 4.69) is 21.4 Å². The van der Waals surface area contributed by atoms with Gasteiger partial charge < -0.3 is 0 Å². The zero-order valence-electron chi connectivity index (χ0n) is 22.2. The molecule has 0 unspecified atom stereocenters. The Morgan fingerprint density at radius 3 is 2.07 bits per heavy atom. The van der Waals surface area contributed by atoms with Crippen LogP contribution < -0.4 is 0 Å². The van der Waals surface area contributed by atoms with Crippen molar-refractivity contribution < 1.29 is 0 Å². The van der Waals surface area contributed by atoms with Crippen molar-refractivity contribution in [2.75, 3.05) is 0 Å². The van der Waals surface area contributed by atoms with E-state index in [-0.39, 0.29) is 16.7 Å². The molecule has 0 spiro atoms. The number of rotatable bonds is 3. The van der Waals surface area contributed by atoms with E-state index in [0.29, 0.717) is 16.8 Å². The van der Waals surface area contributed by atoms with E-state index in [4.69, 9.17) is 15.9 Å². The molecule has 0 radical (unpaired) electrons. The van der Waals surface area contributed by atoms with Crippen LogP contribution in [0.15, 0.2) is 91.0 Å². The molecular formula is C35H15N7S. The van der Waals surface area contributed by atoms with Gasteiger partial charge in [-0.25, -0.2) is 9.83 Å². The van der Waals surface area contributed by atoms with Gasteiger partial charge in [-0.1, -0.05) is 66.7 Å². The standard InChI is InChI=1S/C35H15N7S/c1-39-29-8-4-2-6-25(29)27-16-28-32(35-34(27)41-43-42-35)26-7-3-5-9-30(26)40-33(28)22-12-10-21(11-13-22)31-23(18-37)14-20(17-36)15-24(31)19-38/h2-16H. The normalized spacial score (nSPS) is 10.7. The van der Waals surface area contributed by atoms with E-state index >= 15 is 0 Å². The van der Waals surface area contributed by atoms with E-state index in [1.54, 1.807) is 6.07 Å². The Labute approximate surface area is 249 Å². The molecule has 0 N–H and O–H groups in total. The predicted molar refractivity (Wildman–Crippen MR) is 167 cm³/mol. The van der Waals surface area contributed by atoms with Crippen LogP contribution >= 0.6 is 11.7 Å². The third-order valence-corrected chi connectivity index (χ3v) is 8.00. The molecule has 0 aliphatic carbocycles. The fourth-order valence-corrected chi connectivity index (χ4v) is 6.14. The van der Waals surface area contributed by atoms with Crippen LogP contribution in [0.3, 0.4) is 0 Å². The molecule has 0 aliphatic rings. The zero-order chi connectivity index (χ0) is 29.5. The van der Waals surface area contributed by atoms with Crippen molar-refractivity contribution in [2.45, 2.75) is 0 Å². The van der Waals surface area contributed by atoms with Gasteiger partial charge in [-0.3, -0.25) is 0 Å². The van der Waals surface area contributed by atoms with Gasteiger partial charge in [0.25, 0.3) is 0 Å². The Hall–Kier alpha value is -6.45. The average Bonchev–Trinajstić information content (AvgIpc) is 3.57. The van der Waals surface area contributed by atoms with Crippen molar-refractivity contribution >= 4 is 50.1 Å². The molecule has 5 aromatic carbocycles. The smallest absolute Gasteiger partial charge is 0.194 e. The molecule has 7 aromatic rings. The second kappa shape index (κ2) is 10.2. The molecule has 0 amide bonds. The minimum absolute atomic E-state index is 0.263. The average molecular weight is 566 g/mol. The van der Waals surface area contributed by atoms with Gasteiger partial charge in [-0.05, 0) is 35.4 Å². The lowest BCUT2D eigenvalue weighted by atomic mass is 9.91. The molecule has 0 atom stereocenters. The fourth-order valence-electron chi connectivity index (χ4n) is 5.58. The van der Waals surface area contributed by atoms with Crippen molar-refractivity contribution in [3.63, 3.8) is 0 Å². The molecule has 0 bridgehead atoms. The van der Waals surface area contributed by atoms with Crippen LogP contribution in [0.25, 0.3) is 71.1 Å². The molecule has 7 nitrogen and oxygen atoms in total. The number of aromatic nitrogens is 3. The van der Waals surface area contributed by atoms with Gasteiger partial charge in [-0.15, -0.1) is 0 Å². The van der Waals surface area contributed by atoms with E-state index in [1.165, 1.54) is 12.1 Å². The lowest BCUT2D eigenvalue weighted by Crippen LogP contribution is -1.94. The van der Waals surface area contributed by atoms with Crippen molar-refractivity contribution in [1.82, 2.24) is 13.7 Å². The van der Waals surface area contributed by atoms with Gasteiger partial charge in [0.1, 0.15) is 11.0 Å². The van der Waals surface area contributed by atoms with E-state index in [9.17, 15) is 15.8 Å². The van der Waals surface area contributed by atoms with E-state index in [0.717, 1.165) is 66.8 Å². The second-order valence-electron chi connectivity index (χ2n) is 9.77. The summed E-state index contributed by atoms with van der Waals surface area (Å²) in [6.45, 7) is 7.75. The third-order valence-electron chi connectivity index (χ3n) is 7.47. The summed E-state index contributed by atoms with van der Waals surface area (Å²) >= 11 is 1.14. The summed E-state index contributed by atoms with van der Waals surface area (Å²) < 4.78 is 9.38. The number of benzene rings is 5. The Balaban J connectivity index is 1.51. The Kier molecular flexibility index (Phi) is 6.04. The molecule has 0 saturated heterocycles. The topological polar surface area (TPSA) is 114 Å². The second-order valence-corrected chi connectivity index (χ2v) is 10.3. The first-order chi connectivity index (χ1) is 21.1. The third kappa shape index (κ3) is 4.04. The number of nitrogens with zero attached hydrogens (tertiary/aromatic N) is 7. The van der Waals surface area contributed by atoms with Gasteiger partial charge >= 0.3 is 0 Å². The minimum Gasteiger partial charge on any atom is -0.247 e. The predicted octanol–water partition coefficient (Wildman–Crippen LogP) is 8.56. The summed E-state index contributed by atoms with van der Waals surface area (Å²) in [5.74, 6) is 0. The molecule has 0 fully saturated rings. The zero-order valence-corrected chi connectivity index (χ0v) is 23.0. The van der Waals surface area contributed by atoms with Crippen LogP contribution in [0.2, 0.25) is 0 Å². The molecule has 8 heteroatoms. The summed E-state index contributed by atoms with van der Waals surface area (Å²) in [7, 11) is 0. The highest BCUT2D eigenvalue weighted by Gasteiger charge is 2.21. The molecule has 0 aliphatic heterocycles. The first-order valence-electron chi connectivity index (χ1n) is 13.1. The molecular weight excluding hydrogens is 551 g/mol. The largest absolute Gasteiger partial charge is 0.247 e. The maximum absolute atomic E-state index is 9.79. The monoisotopic (exact) mass is 565 g/mol. The number of hydrogen-bond donors (Lipinski definition) is 0. The Bertz CT molecular complexity index is 2410. The molecule has 2 aromatic heterocycles. The SMILES string of the molecule is [C-]#[N+]c1ccccc1-c1cc2c(-c3ccc(-c4c(C#N)cc(C#N)cc4C#N)cc3)nc3ccccc3c2c2nsnc12. The molecule has 43 heavy (non-hydrogen) atoms. The first-order valence-corrected chi connectivity index (χ1v) is 13.8. The van der Waals surface area contributed by atoms with Crippen molar-refractivity contribution in [3.05, 3.63) is 119 Å². The number of para-hydroxylation sites is 2. The number of nitriles is 3. The first kappa shape index (κ1) is 25.5. The van der Waals surface area contributed by atoms with Gasteiger partial charge in [0.2, 0.25) is 0 Å². The number of hydrogen-bond acceptors (Lipinski definition) is 7. The molecule has 0 saturated carbocycles. The van der Waals surface area contributed by atoms with E-state index in [1.807, 2.05) is 78.9 Å². The Morgan fingerprint density at radius 2 is 1.35 bits per heavy atom. The van der Waals surface area contributed by atoms with Crippen LogP contribution in [-0.2, 0) is 0 Å². The van der Waals surface area contributed by atoms with Gasteiger partial charge in [0.15, 0.2) is 5.69 Å². The highest BCUT2D eigenvalue weighted by Crippen LogP contribution is 2.43. The van der Waals surface area contributed by atoms with E-state index < -0.39 is 0 Å². The summed E-state index contributed by atoms with van der Waals surface area (Å²) in [6, 6.07) is 34.3. The van der Waals surface area contributed by atoms with Crippen LogP contribution in [0, 0.1) is 40.6 Å². The summed E-state index contributed by atoms with van der Waals surface area (Å²) in [5, 5.41) is 31.7. The summed E-state index contributed by atoms with van der Waals surface area (Å²) in [5.41, 5.74) is 7.94. The van der Waals surface area contributed by atoms with Crippen LogP contribution in [0.4, 0.5) is 5.69 Å². The quantitative estimate of drug-likeness (QED) is 0.157. The highest BCUT2D eigenvalue weighted by molar-refractivity contribution is 7.00. The molecule has 2 heterocycles. The molecule has 196 valence electrons. The van der Waals surface area contributed by atoms with Crippen molar-refractivity contribution in [3.8, 4) is 51.7 Å². The summed E-state index contributed by atoms with van der Waals surface area (Å²) in [4.78, 5) is 8.84. The molecule has 7 rings (SSSR count). The lowest BCUT2D eigenvalue weighted by Gasteiger charge is -2.14. The number of fused-ring (bicyclic) bond motifs is 5. The van der Waals surface area contributed by atoms with Crippen LogP contribution in [-0.4, -0.2) is 13.7 Å². The van der Waals surface area contributed by atoms with Crippen LogP contribution in [0.1, 0.15) is 16.7 Å². The van der Waals surface area contributed by atoms with Crippen LogP contribution in [0.5, 0.6) is 0 Å². The van der Waals surface area contributed by atoms with Crippen molar-refractivity contribution in [2.24, 2.45) is 0 Å². The van der Waals surface area contributed by atoms with Crippen molar-refractivity contribution in [1.29, 1.82) is 15.8 Å². The van der Waals surface area contributed by atoms with Gasteiger partial charge in [0, 0.05) is 32.8 Å². The highest BCUT2D eigenvalue weighted by atomic mass is 32.1. The maximum atomic E-state index is 9.79. The lowest BCUT2D eigenvalue weighted by molar-refractivity contribution is 1.40. The Morgan fingerprint density at radius 1 is 0.674 bits per heavy atom. The minimum atomic E-state index is 0.263. The number of pyridine rings is 1. The maximum Gasteiger partial charge on any atom is 0.194 e. The van der Waals surface area contributed by atoms with Gasteiger partial charge in [-0.2, -0.15) is 24.5 Å². The summed E-state index contributed by atoms with van der Waals surface area (Å²) in [6.07, 6.45) is 0. The van der Waals surface area contributed by atoms with Gasteiger partial charge in [0.05, 0.1) is 64.4 Å². The fraction of sp³-hybridized carbons (Fsp3) is 0.